The van der Waals surface area contributed by atoms with Crippen molar-refractivity contribution < 1.29 is 10.2 Å². The Morgan fingerprint density at radius 2 is 1.53 bits per heavy atom. The van der Waals surface area contributed by atoms with E-state index in [-0.39, 0.29) is 11.5 Å². The lowest BCUT2D eigenvalue weighted by atomic mass is 9.95. The Labute approximate surface area is 101 Å². The van der Waals surface area contributed by atoms with Gasteiger partial charge in [-0.05, 0) is 43.5 Å². The third-order valence-corrected chi connectivity index (χ3v) is 3.01. The number of phenols is 2. The third-order valence-electron chi connectivity index (χ3n) is 3.01. The second-order valence-electron chi connectivity index (χ2n) is 4.44. The van der Waals surface area contributed by atoms with E-state index >= 15 is 0 Å². The molecule has 2 aromatic rings. The standard InChI is InChI=1S/C15H16O2/c1-9-4-6-12(11(3)8-9)14-13(16)7-5-10(2)15(14)17/h4-8,16-17H,1-3H3. The van der Waals surface area contributed by atoms with Crippen LogP contribution in [0.15, 0.2) is 30.3 Å². The van der Waals surface area contributed by atoms with Gasteiger partial charge in [-0.1, -0.05) is 29.8 Å². The van der Waals surface area contributed by atoms with Crippen LogP contribution in [0.1, 0.15) is 16.7 Å². The second kappa shape index (κ2) is 4.13. The van der Waals surface area contributed by atoms with Crippen LogP contribution in [0, 0.1) is 20.8 Å². The molecule has 2 rings (SSSR count). The average Bonchev–Trinajstić information content (AvgIpc) is 2.27. The highest BCUT2D eigenvalue weighted by atomic mass is 16.3. The summed E-state index contributed by atoms with van der Waals surface area (Å²) < 4.78 is 0. The van der Waals surface area contributed by atoms with Crippen molar-refractivity contribution in [2.24, 2.45) is 0 Å². The zero-order valence-corrected chi connectivity index (χ0v) is 10.3. The quantitative estimate of drug-likeness (QED) is 0.781. The highest BCUT2D eigenvalue weighted by Crippen LogP contribution is 2.40. The highest BCUT2D eigenvalue weighted by Gasteiger charge is 2.13. The lowest BCUT2D eigenvalue weighted by Gasteiger charge is -2.12. The van der Waals surface area contributed by atoms with Crippen LogP contribution in [-0.4, -0.2) is 10.2 Å². The molecule has 2 aromatic carbocycles. The van der Waals surface area contributed by atoms with Crippen LogP contribution in [-0.2, 0) is 0 Å². The van der Waals surface area contributed by atoms with Gasteiger partial charge in [0, 0.05) is 0 Å². The smallest absolute Gasteiger partial charge is 0.130 e. The monoisotopic (exact) mass is 228 g/mol. The molecule has 0 amide bonds. The number of hydrogen-bond donors (Lipinski definition) is 2. The molecule has 0 aliphatic carbocycles. The van der Waals surface area contributed by atoms with Crippen molar-refractivity contribution >= 4 is 0 Å². The normalized spacial score (nSPS) is 10.5. The Balaban J connectivity index is 2.72. The number of hydrogen-bond acceptors (Lipinski definition) is 2. The van der Waals surface area contributed by atoms with Crippen LogP contribution in [0.5, 0.6) is 11.5 Å². The van der Waals surface area contributed by atoms with Crippen molar-refractivity contribution in [2.75, 3.05) is 0 Å². The van der Waals surface area contributed by atoms with E-state index in [9.17, 15) is 10.2 Å². The Hall–Kier alpha value is -1.96. The molecule has 0 saturated carbocycles. The minimum absolute atomic E-state index is 0.111. The summed E-state index contributed by atoms with van der Waals surface area (Å²) in [7, 11) is 0. The molecule has 0 bridgehead atoms. The topological polar surface area (TPSA) is 40.5 Å². The summed E-state index contributed by atoms with van der Waals surface area (Å²) in [6.45, 7) is 5.82. The van der Waals surface area contributed by atoms with Gasteiger partial charge in [-0.2, -0.15) is 0 Å². The van der Waals surface area contributed by atoms with Crippen LogP contribution < -0.4 is 0 Å². The summed E-state index contributed by atoms with van der Waals surface area (Å²) in [6.07, 6.45) is 0. The fraction of sp³-hybridized carbons (Fsp3) is 0.200. The lowest BCUT2D eigenvalue weighted by Crippen LogP contribution is -1.88. The Kier molecular flexibility index (Phi) is 2.80. The molecule has 0 aliphatic heterocycles. The van der Waals surface area contributed by atoms with Crippen molar-refractivity contribution in [1.29, 1.82) is 0 Å². The Bertz CT molecular complexity index is 571. The third kappa shape index (κ3) is 1.98. The van der Waals surface area contributed by atoms with Crippen LogP contribution in [0.3, 0.4) is 0 Å². The van der Waals surface area contributed by atoms with Gasteiger partial charge in [0.25, 0.3) is 0 Å². The minimum Gasteiger partial charge on any atom is -0.507 e. The largest absolute Gasteiger partial charge is 0.507 e. The second-order valence-corrected chi connectivity index (χ2v) is 4.44. The summed E-state index contributed by atoms with van der Waals surface area (Å²) in [5.41, 5.74) is 4.36. The first-order valence-corrected chi connectivity index (χ1v) is 5.60. The number of rotatable bonds is 1. The molecule has 0 fully saturated rings. The summed E-state index contributed by atoms with van der Waals surface area (Å²) in [4.78, 5) is 0. The zero-order valence-electron chi connectivity index (χ0n) is 10.3. The van der Waals surface area contributed by atoms with Gasteiger partial charge in [0.05, 0.1) is 5.56 Å². The van der Waals surface area contributed by atoms with Crippen molar-refractivity contribution in [3.8, 4) is 22.6 Å². The van der Waals surface area contributed by atoms with Crippen LogP contribution in [0.2, 0.25) is 0 Å². The first-order valence-electron chi connectivity index (χ1n) is 5.60. The molecule has 2 N–H and O–H groups in total. The molecular weight excluding hydrogens is 212 g/mol. The summed E-state index contributed by atoms with van der Waals surface area (Å²) >= 11 is 0. The van der Waals surface area contributed by atoms with Crippen LogP contribution in [0.25, 0.3) is 11.1 Å². The molecule has 0 heterocycles. The molecule has 0 aromatic heterocycles. The van der Waals surface area contributed by atoms with Crippen molar-refractivity contribution in [2.45, 2.75) is 20.8 Å². The minimum atomic E-state index is 0.111. The van der Waals surface area contributed by atoms with Gasteiger partial charge in [0.15, 0.2) is 0 Å². The van der Waals surface area contributed by atoms with E-state index in [1.807, 2.05) is 39.0 Å². The molecule has 0 aliphatic rings. The molecule has 0 radical (unpaired) electrons. The van der Waals surface area contributed by atoms with Gasteiger partial charge >= 0.3 is 0 Å². The van der Waals surface area contributed by atoms with Gasteiger partial charge in [-0.15, -0.1) is 0 Å². The summed E-state index contributed by atoms with van der Waals surface area (Å²) in [6, 6.07) is 9.26. The molecule has 17 heavy (non-hydrogen) atoms. The maximum atomic E-state index is 10.1. The predicted octanol–water partition coefficient (Wildman–Crippen LogP) is 3.69. The lowest BCUT2D eigenvalue weighted by molar-refractivity contribution is 0.451. The maximum Gasteiger partial charge on any atom is 0.130 e. The summed E-state index contributed by atoms with van der Waals surface area (Å²) in [5, 5.41) is 20.0. The molecule has 2 heteroatoms. The number of aryl methyl sites for hydroxylation is 3. The average molecular weight is 228 g/mol. The van der Waals surface area contributed by atoms with Gasteiger partial charge in [-0.25, -0.2) is 0 Å². The Morgan fingerprint density at radius 1 is 0.824 bits per heavy atom. The van der Waals surface area contributed by atoms with E-state index in [4.69, 9.17) is 0 Å². The molecule has 0 saturated heterocycles. The van der Waals surface area contributed by atoms with Crippen molar-refractivity contribution in [3.63, 3.8) is 0 Å². The molecule has 0 atom stereocenters. The first-order chi connectivity index (χ1) is 8.00. The van der Waals surface area contributed by atoms with E-state index in [0.29, 0.717) is 5.56 Å². The molecule has 88 valence electrons. The number of phenolic OH excluding ortho intramolecular Hbond substituents is 2. The molecule has 0 unspecified atom stereocenters. The zero-order chi connectivity index (χ0) is 12.6. The number of aromatic hydroxyl groups is 2. The fourth-order valence-corrected chi connectivity index (χ4v) is 2.04. The van der Waals surface area contributed by atoms with Gasteiger partial charge in [0.1, 0.15) is 11.5 Å². The van der Waals surface area contributed by atoms with Crippen LogP contribution in [0.4, 0.5) is 0 Å². The number of benzene rings is 2. The van der Waals surface area contributed by atoms with Crippen molar-refractivity contribution in [3.05, 3.63) is 47.0 Å². The molecular formula is C15H16O2. The van der Waals surface area contributed by atoms with Gasteiger partial charge in [0.2, 0.25) is 0 Å². The predicted molar refractivity (Wildman–Crippen MR) is 69.4 cm³/mol. The highest BCUT2D eigenvalue weighted by molar-refractivity contribution is 5.79. The molecule has 0 spiro atoms. The van der Waals surface area contributed by atoms with E-state index in [2.05, 4.69) is 0 Å². The SMILES string of the molecule is Cc1ccc(-c2c(O)ccc(C)c2O)c(C)c1. The van der Waals surface area contributed by atoms with Gasteiger partial charge < -0.3 is 10.2 Å². The fourth-order valence-electron chi connectivity index (χ4n) is 2.04. The Morgan fingerprint density at radius 3 is 2.18 bits per heavy atom. The van der Waals surface area contributed by atoms with Gasteiger partial charge in [-0.3, -0.25) is 0 Å². The summed E-state index contributed by atoms with van der Waals surface area (Å²) in [5.74, 6) is 0.261. The van der Waals surface area contributed by atoms with E-state index < -0.39 is 0 Å². The van der Waals surface area contributed by atoms with Crippen molar-refractivity contribution in [1.82, 2.24) is 0 Å². The maximum absolute atomic E-state index is 10.1. The van der Waals surface area contributed by atoms with E-state index in [0.717, 1.165) is 22.3 Å². The van der Waals surface area contributed by atoms with E-state index in [1.54, 1.807) is 12.1 Å². The molecule has 2 nitrogen and oxygen atoms in total. The van der Waals surface area contributed by atoms with Crippen LogP contribution >= 0.6 is 0 Å². The van der Waals surface area contributed by atoms with E-state index in [1.165, 1.54) is 0 Å². The first kappa shape index (κ1) is 11.5.